The Morgan fingerprint density at radius 1 is 1.21 bits per heavy atom. The van der Waals surface area contributed by atoms with E-state index >= 15 is 0 Å². The third-order valence-electron chi connectivity index (χ3n) is 3.77. The Morgan fingerprint density at radius 2 is 1.96 bits per heavy atom. The molecule has 10 heteroatoms. The number of amides is 2. The molecule has 10 nitrogen and oxygen atoms in total. The van der Waals surface area contributed by atoms with Crippen LogP contribution in [0.3, 0.4) is 0 Å². The zero-order valence-electron chi connectivity index (χ0n) is 14.4. The molecule has 1 aromatic carbocycles. The lowest BCUT2D eigenvalue weighted by atomic mass is 10.2. The number of hydrogen-bond acceptors (Lipinski definition) is 7. The van der Waals surface area contributed by atoms with E-state index in [2.05, 4.69) is 15.6 Å². The van der Waals surface area contributed by atoms with Gasteiger partial charge in [-0.15, -0.1) is 0 Å². The molecule has 4 N–H and O–H groups in total. The number of carbonyl (C=O) groups is 2. The smallest absolute Gasteiger partial charge is 0.291 e. The number of pyridine rings is 1. The van der Waals surface area contributed by atoms with Crippen LogP contribution < -0.4 is 16.4 Å². The second-order valence-corrected chi connectivity index (χ2v) is 5.69. The van der Waals surface area contributed by atoms with Crippen molar-refractivity contribution in [3.05, 3.63) is 81.9 Å². The minimum absolute atomic E-state index is 0.0727. The summed E-state index contributed by atoms with van der Waals surface area (Å²) in [5.41, 5.74) is 6.28. The van der Waals surface area contributed by atoms with Gasteiger partial charge < -0.3 is 20.8 Å². The van der Waals surface area contributed by atoms with E-state index in [1.807, 2.05) is 0 Å². The van der Waals surface area contributed by atoms with Gasteiger partial charge in [0.25, 0.3) is 17.5 Å². The van der Waals surface area contributed by atoms with Crippen LogP contribution in [0.4, 0.5) is 17.2 Å². The predicted molar refractivity (Wildman–Crippen MR) is 99.8 cm³/mol. The Balaban J connectivity index is 1.66. The van der Waals surface area contributed by atoms with Gasteiger partial charge in [0, 0.05) is 18.3 Å². The molecule has 0 atom stereocenters. The van der Waals surface area contributed by atoms with E-state index in [0.717, 1.165) is 17.8 Å². The average molecular weight is 381 g/mol. The SMILES string of the molecule is NC(=O)c1cc([N+](=O)[O-])cnc1NCc1ccc(NC(=O)c2ccco2)cc1. The fraction of sp³-hybridized carbons (Fsp3) is 0.0556. The highest BCUT2D eigenvalue weighted by atomic mass is 16.6. The third-order valence-corrected chi connectivity index (χ3v) is 3.77. The van der Waals surface area contributed by atoms with Gasteiger partial charge in [-0.05, 0) is 29.8 Å². The van der Waals surface area contributed by atoms with Crippen molar-refractivity contribution in [3.63, 3.8) is 0 Å². The highest BCUT2D eigenvalue weighted by Crippen LogP contribution is 2.20. The van der Waals surface area contributed by atoms with Gasteiger partial charge in [-0.2, -0.15) is 0 Å². The summed E-state index contributed by atoms with van der Waals surface area (Å²) in [6, 6.07) is 11.2. The van der Waals surface area contributed by atoms with Gasteiger partial charge in [0.15, 0.2) is 5.76 Å². The van der Waals surface area contributed by atoms with E-state index in [0.29, 0.717) is 5.69 Å². The monoisotopic (exact) mass is 381 g/mol. The Labute approximate surface area is 158 Å². The predicted octanol–water partition coefficient (Wildman–Crippen LogP) is 2.55. The van der Waals surface area contributed by atoms with Crippen LogP contribution in [0.1, 0.15) is 26.5 Å². The zero-order valence-corrected chi connectivity index (χ0v) is 14.4. The molecule has 142 valence electrons. The van der Waals surface area contributed by atoms with Gasteiger partial charge in [-0.1, -0.05) is 12.1 Å². The van der Waals surface area contributed by atoms with Gasteiger partial charge in [0.2, 0.25) is 0 Å². The number of aromatic nitrogens is 1. The van der Waals surface area contributed by atoms with E-state index in [-0.39, 0.29) is 35.3 Å². The fourth-order valence-electron chi connectivity index (χ4n) is 2.37. The fourth-order valence-corrected chi connectivity index (χ4v) is 2.37. The molecular formula is C18H15N5O5. The summed E-state index contributed by atoms with van der Waals surface area (Å²) in [4.78, 5) is 37.5. The van der Waals surface area contributed by atoms with Crippen molar-refractivity contribution < 1.29 is 18.9 Å². The number of nitrogens with two attached hydrogens (primary N) is 1. The Hall–Kier alpha value is -4.21. The lowest BCUT2D eigenvalue weighted by molar-refractivity contribution is -0.385. The molecule has 3 aromatic rings. The number of hydrogen-bond donors (Lipinski definition) is 3. The molecule has 0 spiro atoms. The van der Waals surface area contributed by atoms with Crippen molar-refractivity contribution in [2.24, 2.45) is 5.73 Å². The zero-order chi connectivity index (χ0) is 20.1. The van der Waals surface area contributed by atoms with Gasteiger partial charge in [-0.3, -0.25) is 19.7 Å². The summed E-state index contributed by atoms with van der Waals surface area (Å²) in [6.07, 6.45) is 2.46. The van der Waals surface area contributed by atoms with Crippen LogP contribution in [0.25, 0.3) is 0 Å². The first-order valence-corrected chi connectivity index (χ1v) is 8.06. The second-order valence-electron chi connectivity index (χ2n) is 5.69. The van der Waals surface area contributed by atoms with Crippen LogP contribution in [0.15, 0.2) is 59.3 Å². The third kappa shape index (κ3) is 4.30. The molecule has 2 aromatic heterocycles. The summed E-state index contributed by atoms with van der Waals surface area (Å²) < 4.78 is 5.02. The number of primary amides is 1. The van der Waals surface area contributed by atoms with Crippen molar-refractivity contribution in [2.75, 3.05) is 10.6 Å². The summed E-state index contributed by atoms with van der Waals surface area (Å²) in [5.74, 6) is -0.839. The van der Waals surface area contributed by atoms with E-state index in [1.165, 1.54) is 6.26 Å². The van der Waals surface area contributed by atoms with Crippen molar-refractivity contribution in [1.29, 1.82) is 0 Å². The Bertz CT molecular complexity index is 1020. The molecule has 0 bridgehead atoms. The van der Waals surface area contributed by atoms with Crippen LogP contribution in [0.5, 0.6) is 0 Å². The number of nitrogens with zero attached hydrogens (tertiary/aromatic N) is 2. The number of rotatable bonds is 7. The van der Waals surface area contributed by atoms with E-state index in [9.17, 15) is 19.7 Å². The maximum absolute atomic E-state index is 11.9. The topological polar surface area (TPSA) is 153 Å². The second kappa shape index (κ2) is 7.99. The standard InChI is InChI=1S/C18H15N5O5/c19-16(24)14-8-13(23(26)27)10-21-17(14)20-9-11-3-5-12(6-4-11)22-18(25)15-2-1-7-28-15/h1-8,10H,9H2,(H2,19,24)(H,20,21)(H,22,25). The number of furan rings is 1. The molecule has 0 saturated heterocycles. The van der Waals surface area contributed by atoms with Crippen LogP contribution in [0.2, 0.25) is 0 Å². The minimum Gasteiger partial charge on any atom is -0.459 e. The van der Waals surface area contributed by atoms with Crippen LogP contribution in [0, 0.1) is 10.1 Å². The lowest BCUT2D eigenvalue weighted by Gasteiger charge is -2.10. The average Bonchev–Trinajstić information content (AvgIpc) is 3.22. The number of carbonyl (C=O) groups excluding carboxylic acids is 2. The largest absolute Gasteiger partial charge is 0.459 e. The maximum atomic E-state index is 11.9. The molecular weight excluding hydrogens is 366 g/mol. The number of benzene rings is 1. The van der Waals surface area contributed by atoms with Crippen molar-refractivity contribution >= 4 is 29.0 Å². The first-order valence-electron chi connectivity index (χ1n) is 8.06. The van der Waals surface area contributed by atoms with Gasteiger partial charge in [0.1, 0.15) is 12.0 Å². The normalized spacial score (nSPS) is 10.3. The molecule has 0 aliphatic rings. The van der Waals surface area contributed by atoms with Crippen LogP contribution in [-0.2, 0) is 6.54 Å². The summed E-state index contributed by atoms with van der Waals surface area (Å²) in [7, 11) is 0. The molecule has 2 heterocycles. The number of nitrogens with one attached hydrogen (secondary N) is 2. The quantitative estimate of drug-likeness (QED) is 0.420. The van der Waals surface area contributed by atoms with Crippen molar-refractivity contribution in [2.45, 2.75) is 6.54 Å². The molecule has 28 heavy (non-hydrogen) atoms. The molecule has 0 aliphatic heterocycles. The van der Waals surface area contributed by atoms with Gasteiger partial charge in [-0.25, -0.2) is 4.98 Å². The molecule has 3 rings (SSSR count). The van der Waals surface area contributed by atoms with Crippen LogP contribution >= 0.6 is 0 Å². The van der Waals surface area contributed by atoms with Gasteiger partial charge >= 0.3 is 0 Å². The van der Waals surface area contributed by atoms with Crippen molar-refractivity contribution in [1.82, 2.24) is 4.98 Å². The molecule has 0 saturated carbocycles. The number of anilines is 2. The molecule has 2 amide bonds. The summed E-state index contributed by atoms with van der Waals surface area (Å²) >= 11 is 0. The van der Waals surface area contributed by atoms with Crippen molar-refractivity contribution in [3.8, 4) is 0 Å². The first kappa shape index (κ1) is 18.6. The molecule has 0 unspecified atom stereocenters. The number of nitro groups is 1. The minimum atomic E-state index is -0.824. The lowest BCUT2D eigenvalue weighted by Crippen LogP contribution is -2.16. The van der Waals surface area contributed by atoms with E-state index in [1.54, 1.807) is 36.4 Å². The molecule has 0 radical (unpaired) electrons. The van der Waals surface area contributed by atoms with Gasteiger partial charge in [0.05, 0.1) is 16.7 Å². The highest BCUT2D eigenvalue weighted by molar-refractivity contribution is 6.02. The molecule has 0 aliphatic carbocycles. The van der Waals surface area contributed by atoms with Crippen LogP contribution in [-0.4, -0.2) is 21.7 Å². The molecule has 0 fully saturated rings. The maximum Gasteiger partial charge on any atom is 0.291 e. The summed E-state index contributed by atoms with van der Waals surface area (Å²) in [5, 5.41) is 16.4. The Kier molecular flexibility index (Phi) is 5.30. The highest BCUT2D eigenvalue weighted by Gasteiger charge is 2.16. The first-order chi connectivity index (χ1) is 13.4. The Morgan fingerprint density at radius 3 is 2.57 bits per heavy atom. The summed E-state index contributed by atoms with van der Waals surface area (Å²) in [6.45, 7) is 0.289. The van der Waals surface area contributed by atoms with E-state index in [4.69, 9.17) is 10.2 Å². The van der Waals surface area contributed by atoms with E-state index < -0.39 is 10.8 Å².